The number of hydrogen-bond donors (Lipinski definition) is 2. The van der Waals surface area contributed by atoms with Crippen LogP contribution in [0.5, 0.6) is 0 Å². The predicted octanol–water partition coefficient (Wildman–Crippen LogP) is 2.44. The number of carbonyl (C=O) groups excluding carboxylic acids is 1. The molecule has 2 aromatic rings. The number of halogens is 2. The van der Waals surface area contributed by atoms with Gasteiger partial charge in [0.1, 0.15) is 0 Å². The largest absolute Gasteiger partial charge is 0.323 e. The summed E-state index contributed by atoms with van der Waals surface area (Å²) in [4.78, 5) is 20.2. The number of nitrogens with zero attached hydrogens (tertiary/aromatic N) is 3. The molecule has 1 amide bonds. The number of hydrogen-bond acceptors (Lipinski definition) is 4. The first kappa shape index (κ1) is 19.4. The summed E-state index contributed by atoms with van der Waals surface area (Å²) in [5, 5.41) is 6.27. The number of nitrogens with one attached hydrogen (secondary N) is 2. The molecular formula is C15H21Cl2N5O. The second-order valence-corrected chi connectivity index (χ2v) is 5.31. The van der Waals surface area contributed by atoms with E-state index in [9.17, 15) is 4.79 Å². The topological polar surface area (TPSA) is 71.8 Å². The van der Waals surface area contributed by atoms with Crippen molar-refractivity contribution in [2.75, 3.05) is 18.4 Å². The Morgan fingerprint density at radius 2 is 2.22 bits per heavy atom. The van der Waals surface area contributed by atoms with Crippen LogP contribution in [-0.4, -0.2) is 33.5 Å². The molecule has 0 saturated carbocycles. The van der Waals surface area contributed by atoms with E-state index in [1.165, 1.54) is 6.42 Å². The molecule has 0 bridgehead atoms. The van der Waals surface area contributed by atoms with Crippen molar-refractivity contribution in [2.24, 2.45) is 5.92 Å². The van der Waals surface area contributed by atoms with Gasteiger partial charge in [0.25, 0.3) is 0 Å². The number of amides is 1. The molecule has 6 nitrogen and oxygen atoms in total. The molecule has 23 heavy (non-hydrogen) atoms. The summed E-state index contributed by atoms with van der Waals surface area (Å²) in [6.45, 7) is 2.10. The Bertz CT molecular complexity index is 600. The quantitative estimate of drug-likeness (QED) is 0.861. The molecule has 1 fully saturated rings. The van der Waals surface area contributed by atoms with Crippen LogP contribution >= 0.6 is 24.8 Å². The Kier molecular flexibility index (Phi) is 8.02. The third-order valence-corrected chi connectivity index (χ3v) is 3.80. The molecule has 2 aromatic heterocycles. The van der Waals surface area contributed by atoms with Crippen LogP contribution in [0, 0.1) is 5.92 Å². The van der Waals surface area contributed by atoms with Gasteiger partial charge < -0.3 is 15.2 Å². The zero-order valence-electron chi connectivity index (χ0n) is 12.6. The number of aromatic nitrogens is 3. The molecule has 1 saturated heterocycles. The van der Waals surface area contributed by atoms with E-state index in [1.54, 1.807) is 24.9 Å². The van der Waals surface area contributed by atoms with E-state index in [1.807, 2.05) is 16.8 Å². The lowest BCUT2D eigenvalue weighted by Crippen LogP contribution is -2.16. The second kappa shape index (κ2) is 9.50. The van der Waals surface area contributed by atoms with Crippen molar-refractivity contribution in [1.82, 2.24) is 19.9 Å². The van der Waals surface area contributed by atoms with Crippen molar-refractivity contribution in [2.45, 2.75) is 19.3 Å². The highest BCUT2D eigenvalue weighted by atomic mass is 35.5. The Balaban J connectivity index is 0.00000132. The molecule has 3 heterocycles. The van der Waals surface area contributed by atoms with E-state index in [-0.39, 0.29) is 30.7 Å². The van der Waals surface area contributed by atoms with Crippen molar-refractivity contribution in [3.05, 3.63) is 37.2 Å². The normalized spacial score (nSPS) is 16.3. The first-order chi connectivity index (χ1) is 10.3. The number of anilines is 1. The third-order valence-electron chi connectivity index (χ3n) is 3.80. The number of imidazole rings is 1. The van der Waals surface area contributed by atoms with Gasteiger partial charge in [0.05, 0.1) is 23.9 Å². The van der Waals surface area contributed by atoms with Crippen LogP contribution in [-0.2, 0) is 4.79 Å². The van der Waals surface area contributed by atoms with E-state index >= 15 is 0 Å². The average molecular weight is 358 g/mol. The molecule has 2 N–H and O–H groups in total. The van der Waals surface area contributed by atoms with Crippen molar-refractivity contribution in [1.29, 1.82) is 0 Å². The molecule has 0 aliphatic carbocycles. The lowest BCUT2D eigenvalue weighted by molar-refractivity contribution is -0.116. The summed E-state index contributed by atoms with van der Waals surface area (Å²) in [6, 6.07) is 1.86. The minimum absolute atomic E-state index is 0. The van der Waals surface area contributed by atoms with Crippen LogP contribution in [0.15, 0.2) is 37.2 Å². The van der Waals surface area contributed by atoms with Crippen LogP contribution in [0.4, 0.5) is 5.69 Å². The van der Waals surface area contributed by atoms with Gasteiger partial charge in [-0.2, -0.15) is 0 Å². The molecule has 0 radical (unpaired) electrons. The van der Waals surface area contributed by atoms with Gasteiger partial charge in [-0.25, -0.2) is 4.98 Å². The van der Waals surface area contributed by atoms with E-state index in [4.69, 9.17) is 0 Å². The summed E-state index contributed by atoms with van der Waals surface area (Å²) >= 11 is 0. The van der Waals surface area contributed by atoms with Crippen LogP contribution in [0.1, 0.15) is 19.3 Å². The summed E-state index contributed by atoms with van der Waals surface area (Å²) in [6.07, 6.45) is 11.3. The van der Waals surface area contributed by atoms with Gasteiger partial charge in [0.2, 0.25) is 5.91 Å². The summed E-state index contributed by atoms with van der Waals surface area (Å²) in [5.41, 5.74) is 1.59. The predicted molar refractivity (Wildman–Crippen MR) is 94.7 cm³/mol. The second-order valence-electron chi connectivity index (χ2n) is 5.31. The van der Waals surface area contributed by atoms with E-state index < -0.39 is 0 Å². The van der Waals surface area contributed by atoms with Gasteiger partial charge >= 0.3 is 0 Å². The minimum Gasteiger partial charge on any atom is -0.323 e. The molecule has 8 heteroatoms. The highest BCUT2D eigenvalue weighted by Crippen LogP contribution is 2.20. The average Bonchev–Trinajstić information content (AvgIpc) is 3.19. The maximum atomic E-state index is 12.1. The first-order valence-corrected chi connectivity index (χ1v) is 7.26. The zero-order valence-corrected chi connectivity index (χ0v) is 14.3. The molecule has 1 aliphatic heterocycles. The standard InChI is InChI=1S/C15H19N5O.2ClH/c21-15(2-1-12-3-5-16-9-12)19-13-10-17-6-4-14(13)20-8-7-18-11-20;;/h4,6-8,10-12,16H,1-3,5,9H2,(H,19,21);2*1H. The lowest BCUT2D eigenvalue weighted by atomic mass is 10.0. The molecule has 0 aromatic carbocycles. The Hall–Kier alpha value is -1.63. The minimum atomic E-state index is 0. The third kappa shape index (κ3) is 5.20. The SMILES string of the molecule is Cl.Cl.O=C(CCC1CCNC1)Nc1cnccc1-n1ccnc1. The molecule has 126 valence electrons. The Labute approximate surface area is 147 Å². The van der Waals surface area contributed by atoms with Crippen molar-refractivity contribution < 1.29 is 4.79 Å². The molecule has 3 rings (SSSR count). The monoisotopic (exact) mass is 357 g/mol. The van der Waals surface area contributed by atoms with Gasteiger partial charge in [-0.3, -0.25) is 9.78 Å². The highest BCUT2D eigenvalue weighted by Gasteiger charge is 2.16. The maximum absolute atomic E-state index is 12.1. The van der Waals surface area contributed by atoms with Crippen molar-refractivity contribution >= 4 is 36.4 Å². The molecule has 1 aliphatic rings. The summed E-state index contributed by atoms with van der Waals surface area (Å²) < 4.78 is 1.86. The van der Waals surface area contributed by atoms with Gasteiger partial charge in [-0.05, 0) is 37.9 Å². The van der Waals surface area contributed by atoms with Gasteiger partial charge in [-0.1, -0.05) is 0 Å². The van der Waals surface area contributed by atoms with Gasteiger partial charge in [0, 0.05) is 25.0 Å². The number of rotatable bonds is 5. The fourth-order valence-electron chi connectivity index (χ4n) is 2.62. The smallest absolute Gasteiger partial charge is 0.224 e. The van der Waals surface area contributed by atoms with Crippen LogP contribution in [0.3, 0.4) is 0 Å². The van der Waals surface area contributed by atoms with E-state index in [2.05, 4.69) is 20.6 Å². The first-order valence-electron chi connectivity index (χ1n) is 7.26. The van der Waals surface area contributed by atoms with E-state index in [0.29, 0.717) is 18.0 Å². The number of carbonyl (C=O) groups is 1. The molecule has 1 atom stereocenters. The van der Waals surface area contributed by atoms with Crippen LogP contribution in [0.2, 0.25) is 0 Å². The highest BCUT2D eigenvalue weighted by molar-refractivity contribution is 5.92. The fraction of sp³-hybridized carbons (Fsp3) is 0.400. The Morgan fingerprint density at radius 3 is 2.91 bits per heavy atom. The zero-order chi connectivity index (χ0) is 14.5. The van der Waals surface area contributed by atoms with Crippen molar-refractivity contribution in [3.63, 3.8) is 0 Å². The molecular weight excluding hydrogens is 337 g/mol. The summed E-state index contributed by atoms with van der Waals surface area (Å²) in [5.74, 6) is 0.661. The summed E-state index contributed by atoms with van der Waals surface area (Å²) in [7, 11) is 0. The molecule has 1 unspecified atom stereocenters. The number of pyridine rings is 1. The lowest BCUT2D eigenvalue weighted by Gasteiger charge is -2.12. The maximum Gasteiger partial charge on any atom is 0.224 e. The van der Waals surface area contributed by atoms with Gasteiger partial charge in [0.15, 0.2) is 0 Å². The Morgan fingerprint density at radius 1 is 1.35 bits per heavy atom. The van der Waals surface area contributed by atoms with Gasteiger partial charge in [-0.15, -0.1) is 24.8 Å². The fourth-order valence-corrected chi connectivity index (χ4v) is 2.62. The van der Waals surface area contributed by atoms with Crippen LogP contribution in [0.25, 0.3) is 5.69 Å². The molecule has 0 spiro atoms. The van der Waals surface area contributed by atoms with Crippen LogP contribution < -0.4 is 10.6 Å². The van der Waals surface area contributed by atoms with Crippen molar-refractivity contribution in [3.8, 4) is 5.69 Å². The van der Waals surface area contributed by atoms with E-state index in [0.717, 1.165) is 25.2 Å².